The Hall–Kier alpha value is -2.64. The highest BCUT2D eigenvalue weighted by atomic mass is 16.7. The molecule has 1 rings (SSSR count). The molecule has 0 radical (unpaired) electrons. The lowest BCUT2D eigenvalue weighted by atomic mass is 9.99. The van der Waals surface area contributed by atoms with Crippen molar-refractivity contribution in [2.45, 2.75) is 480 Å². The van der Waals surface area contributed by atoms with Gasteiger partial charge in [0.25, 0.3) is 0 Å². The predicted molar refractivity (Wildman–Crippen MR) is 430 cm³/mol. The second-order valence-corrected chi connectivity index (χ2v) is 30.6. The van der Waals surface area contributed by atoms with Crippen LogP contribution >= 0.6 is 0 Å². The monoisotopic (exact) mass is 1420 g/mol. The van der Waals surface area contributed by atoms with Crippen LogP contribution in [0.4, 0.5) is 0 Å². The average Bonchev–Trinajstić information content (AvgIpc) is 0.830. The van der Waals surface area contributed by atoms with Crippen molar-refractivity contribution in [3.63, 3.8) is 0 Å². The molecule has 0 spiro atoms. The maximum atomic E-state index is 13.1. The Labute approximate surface area is 624 Å². The van der Waals surface area contributed by atoms with Gasteiger partial charge in [0.2, 0.25) is 5.91 Å². The van der Waals surface area contributed by atoms with Gasteiger partial charge in [0.05, 0.1) is 32.0 Å². The fourth-order valence-electron chi connectivity index (χ4n) is 14.0. The first-order valence-corrected chi connectivity index (χ1v) is 44.1. The third kappa shape index (κ3) is 66.5. The van der Waals surface area contributed by atoms with E-state index in [1.54, 1.807) is 6.08 Å². The molecule has 11 nitrogen and oxygen atoms in total. The lowest BCUT2D eigenvalue weighted by Crippen LogP contribution is -2.60. The summed E-state index contributed by atoms with van der Waals surface area (Å²) in [7, 11) is 0. The summed E-state index contributed by atoms with van der Waals surface area (Å²) >= 11 is 0. The van der Waals surface area contributed by atoms with Gasteiger partial charge in [-0.2, -0.15) is 0 Å². The first-order valence-electron chi connectivity index (χ1n) is 44.1. The van der Waals surface area contributed by atoms with Crippen LogP contribution in [0.5, 0.6) is 0 Å². The summed E-state index contributed by atoms with van der Waals surface area (Å²) in [5, 5.41) is 54.6. The van der Waals surface area contributed by atoms with Gasteiger partial charge >= 0.3 is 5.97 Å². The molecule has 11 heteroatoms. The number of carbonyl (C=O) groups excluding carboxylic acids is 2. The number of esters is 1. The summed E-state index contributed by atoms with van der Waals surface area (Å²) in [6.07, 6.45) is 97.1. The maximum absolute atomic E-state index is 13.1. The number of allylic oxidation sites excluding steroid dienone is 9. The van der Waals surface area contributed by atoms with Crippen LogP contribution in [-0.4, -0.2) is 100 Å². The SMILES string of the molecule is CCCCCCC/C=C/CC/C=C/CC/C=C/C(O)C(COC1OC(CO)C(O)C(O)C1O)NC(=O)CCCCCCCCCCCCCCCCCCC/C=C\C/C=C\CCCCCCCCCCCCCCCCCOC(=O)CCCCCCCCCCCCCCCCCCCCC. The Kier molecular flexibility index (Phi) is 74.8. The minimum absolute atomic E-state index is 0.0198. The second kappa shape index (κ2) is 78.4. The van der Waals surface area contributed by atoms with Crippen LogP contribution in [-0.2, 0) is 23.8 Å². The minimum atomic E-state index is -1.58. The normalized spacial score (nSPS) is 17.3. The highest BCUT2D eigenvalue weighted by Crippen LogP contribution is 2.24. The van der Waals surface area contributed by atoms with Crippen LogP contribution in [0.1, 0.15) is 438 Å². The number of ether oxygens (including phenoxy) is 3. The zero-order valence-corrected chi connectivity index (χ0v) is 66.4. The molecule has 0 aromatic rings. The largest absolute Gasteiger partial charge is 0.466 e. The third-order valence-electron chi connectivity index (χ3n) is 20.8. The molecule has 1 heterocycles. The van der Waals surface area contributed by atoms with E-state index in [2.05, 4.69) is 67.8 Å². The predicted octanol–water partition coefficient (Wildman–Crippen LogP) is 24.8. The van der Waals surface area contributed by atoms with Crippen LogP contribution in [0.15, 0.2) is 60.8 Å². The molecule has 0 aromatic carbocycles. The molecule has 0 saturated carbocycles. The number of carbonyl (C=O) groups is 2. The number of aliphatic hydroxyl groups is 5. The van der Waals surface area contributed by atoms with Gasteiger partial charge in [-0.05, 0) is 89.9 Å². The molecule has 7 atom stereocenters. The first kappa shape index (κ1) is 96.4. The van der Waals surface area contributed by atoms with Crippen molar-refractivity contribution in [1.29, 1.82) is 0 Å². The second-order valence-electron chi connectivity index (χ2n) is 30.6. The van der Waals surface area contributed by atoms with Gasteiger partial charge in [-0.3, -0.25) is 9.59 Å². The smallest absolute Gasteiger partial charge is 0.305 e. The molecule has 0 bridgehead atoms. The minimum Gasteiger partial charge on any atom is -0.466 e. The van der Waals surface area contributed by atoms with E-state index < -0.39 is 49.5 Å². The van der Waals surface area contributed by atoms with E-state index in [1.165, 1.54) is 340 Å². The van der Waals surface area contributed by atoms with Crippen molar-refractivity contribution in [3.8, 4) is 0 Å². The first-order chi connectivity index (χ1) is 49.7. The maximum Gasteiger partial charge on any atom is 0.305 e. The Balaban J connectivity index is 1.89. The van der Waals surface area contributed by atoms with E-state index in [0.29, 0.717) is 19.4 Å². The van der Waals surface area contributed by atoms with Crippen molar-refractivity contribution in [2.24, 2.45) is 0 Å². The van der Waals surface area contributed by atoms with Gasteiger partial charge in [-0.1, -0.05) is 396 Å². The Morgan fingerprint density at radius 2 is 0.673 bits per heavy atom. The fraction of sp³-hybridized carbons (Fsp3) is 0.867. The van der Waals surface area contributed by atoms with Crippen molar-refractivity contribution < 1.29 is 49.3 Å². The van der Waals surface area contributed by atoms with E-state index in [9.17, 15) is 35.1 Å². The van der Waals surface area contributed by atoms with E-state index in [4.69, 9.17) is 14.2 Å². The summed E-state index contributed by atoms with van der Waals surface area (Å²) in [4.78, 5) is 25.3. The lowest BCUT2D eigenvalue weighted by molar-refractivity contribution is -0.302. The number of nitrogens with one attached hydrogen (secondary N) is 1. The van der Waals surface area contributed by atoms with Gasteiger partial charge in [-0.25, -0.2) is 0 Å². The Morgan fingerprint density at radius 1 is 0.366 bits per heavy atom. The fourth-order valence-corrected chi connectivity index (χ4v) is 14.0. The van der Waals surface area contributed by atoms with E-state index in [0.717, 1.165) is 70.6 Å². The number of aliphatic hydroxyl groups excluding tert-OH is 5. The quantitative estimate of drug-likeness (QED) is 0.0195. The standard InChI is InChI=1S/C90H167NO10/c1-3-5-7-9-11-13-15-17-19-20-42-46-50-54-58-62-66-70-74-78-86(95)99-79-75-71-67-63-59-55-51-47-44-41-39-37-35-33-31-29-27-25-23-21-22-24-26-28-30-32-34-36-38-40-43-45-49-53-57-61-65-69-73-77-85(94)91-82(81-100-90-89(98)88(97)87(96)84(80-92)101-90)83(93)76-72-68-64-60-56-52-48-18-16-14-12-10-8-6-4-2/h16,18,21-22,25,27,56,60,72,76,82-84,87-90,92-93,96-98H,3-15,17,19-20,23-24,26,28-55,57-59,61-71,73-75,77-81H2,1-2H3,(H,91,94)/b18-16+,22-21-,27-25-,60-56+,76-72+. The van der Waals surface area contributed by atoms with Crippen LogP contribution < -0.4 is 5.32 Å². The molecule has 1 aliphatic rings. The zero-order chi connectivity index (χ0) is 72.9. The van der Waals surface area contributed by atoms with E-state index in [-0.39, 0.29) is 18.5 Å². The molecule has 1 fully saturated rings. The summed E-state index contributed by atoms with van der Waals surface area (Å²) < 4.78 is 16.8. The Bertz CT molecular complexity index is 1870. The van der Waals surface area contributed by atoms with Crippen LogP contribution in [0.2, 0.25) is 0 Å². The highest BCUT2D eigenvalue weighted by molar-refractivity contribution is 5.76. The highest BCUT2D eigenvalue weighted by Gasteiger charge is 2.44. The molecule has 7 unspecified atom stereocenters. The molecule has 0 aromatic heterocycles. The van der Waals surface area contributed by atoms with E-state index >= 15 is 0 Å². The Morgan fingerprint density at radius 3 is 1.04 bits per heavy atom. The van der Waals surface area contributed by atoms with E-state index in [1.807, 2.05) is 6.08 Å². The van der Waals surface area contributed by atoms with Gasteiger partial charge in [0.15, 0.2) is 6.29 Å². The average molecular weight is 1420 g/mol. The molecule has 592 valence electrons. The molecule has 1 amide bonds. The van der Waals surface area contributed by atoms with Crippen LogP contribution in [0.3, 0.4) is 0 Å². The number of hydrogen-bond acceptors (Lipinski definition) is 10. The third-order valence-corrected chi connectivity index (χ3v) is 20.8. The lowest BCUT2D eigenvalue weighted by Gasteiger charge is -2.40. The molecule has 1 aliphatic heterocycles. The summed E-state index contributed by atoms with van der Waals surface area (Å²) in [5.74, 6) is -0.172. The summed E-state index contributed by atoms with van der Waals surface area (Å²) in [6, 6.07) is -0.834. The van der Waals surface area contributed by atoms with Crippen molar-refractivity contribution in [2.75, 3.05) is 19.8 Å². The van der Waals surface area contributed by atoms with Crippen molar-refractivity contribution in [3.05, 3.63) is 60.8 Å². The van der Waals surface area contributed by atoms with Gasteiger partial charge < -0.3 is 45.1 Å². The molecule has 1 saturated heterocycles. The molecule has 6 N–H and O–H groups in total. The van der Waals surface area contributed by atoms with Crippen molar-refractivity contribution >= 4 is 11.9 Å². The van der Waals surface area contributed by atoms with Crippen LogP contribution in [0, 0.1) is 0 Å². The van der Waals surface area contributed by atoms with Gasteiger partial charge in [-0.15, -0.1) is 0 Å². The topological polar surface area (TPSA) is 175 Å². The van der Waals surface area contributed by atoms with Crippen molar-refractivity contribution in [1.82, 2.24) is 5.32 Å². The summed E-state index contributed by atoms with van der Waals surface area (Å²) in [6.45, 7) is 4.37. The molecule has 0 aliphatic carbocycles. The van der Waals surface area contributed by atoms with Gasteiger partial charge in [0, 0.05) is 12.8 Å². The number of hydrogen-bond donors (Lipinski definition) is 6. The molecular weight excluding hydrogens is 1250 g/mol. The number of amides is 1. The number of rotatable bonds is 79. The molecule has 101 heavy (non-hydrogen) atoms. The van der Waals surface area contributed by atoms with Crippen LogP contribution in [0.25, 0.3) is 0 Å². The van der Waals surface area contributed by atoms with Gasteiger partial charge in [0.1, 0.15) is 24.4 Å². The zero-order valence-electron chi connectivity index (χ0n) is 66.4. The number of unbranched alkanes of at least 4 members (excludes halogenated alkanes) is 57. The molecular formula is C90H167NO10. The summed E-state index contributed by atoms with van der Waals surface area (Å²) in [5.41, 5.74) is 0.